The molecule has 3 atom stereocenters. The summed E-state index contributed by atoms with van der Waals surface area (Å²) >= 11 is 0. The Hall–Kier alpha value is -0.650. The lowest BCUT2D eigenvalue weighted by atomic mass is 9.79. The predicted octanol–water partition coefficient (Wildman–Crippen LogP) is 1.06. The predicted molar refractivity (Wildman–Crippen MR) is 74.9 cm³/mol. The van der Waals surface area contributed by atoms with Gasteiger partial charge in [-0.1, -0.05) is 19.8 Å². The Morgan fingerprint density at radius 2 is 2.32 bits per heavy atom. The first-order valence-electron chi connectivity index (χ1n) is 7.13. The number of carbonyl (C=O) groups is 1. The smallest absolute Gasteiger partial charge is 0.246 e. The van der Waals surface area contributed by atoms with Gasteiger partial charge in [-0.15, -0.1) is 0 Å². The second kappa shape index (κ2) is 7.82. The highest BCUT2D eigenvalue weighted by molar-refractivity contribution is 5.77. The van der Waals surface area contributed by atoms with Gasteiger partial charge in [0.1, 0.15) is 6.61 Å². The molecule has 5 nitrogen and oxygen atoms in total. The van der Waals surface area contributed by atoms with Gasteiger partial charge < -0.3 is 20.5 Å². The molecule has 1 rings (SSSR count). The van der Waals surface area contributed by atoms with E-state index in [0.29, 0.717) is 19.1 Å². The van der Waals surface area contributed by atoms with E-state index in [1.807, 2.05) is 6.92 Å². The molecule has 112 valence electrons. The summed E-state index contributed by atoms with van der Waals surface area (Å²) in [5.74, 6) is 0.517. The van der Waals surface area contributed by atoms with Crippen molar-refractivity contribution >= 4 is 5.91 Å². The standard InChI is InChI=1S/C14H28N2O3/c1-11-5-4-6-14(7-11,10-15)19-9-13(17)16-12(2)8-18-3/h11-12H,4-10,15H2,1-3H3,(H,16,17). The van der Waals surface area contributed by atoms with Crippen LogP contribution in [0.15, 0.2) is 0 Å². The summed E-state index contributed by atoms with van der Waals surface area (Å²) in [6.45, 7) is 5.19. The van der Waals surface area contributed by atoms with E-state index in [0.717, 1.165) is 19.3 Å². The van der Waals surface area contributed by atoms with E-state index >= 15 is 0 Å². The minimum atomic E-state index is -0.306. The number of nitrogens with one attached hydrogen (secondary N) is 1. The summed E-state index contributed by atoms with van der Waals surface area (Å²) in [6.07, 6.45) is 4.25. The molecule has 0 saturated heterocycles. The number of hydrogen-bond donors (Lipinski definition) is 2. The average Bonchev–Trinajstić information content (AvgIpc) is 2.37. The molecule has 1 aliphatic rings. The van der Waals surface area contributed by atoms with Crippen LogP contribution in [0, 0.1) is 5.92 Å². The Morgan fingerprint density at radius 1 is 1.58 bits per heavy atom. The molecule has 5 heteroatoms. The maximum atomic E-state index is 11.8. The fourth-order valence-electron chi connectivity index (χ4n) is 2.81. The van der Waals surface area contributed by atoms with Gasteiger partial charge in [-0.2, -0.15) is 0 Å². The number of methoxy groups -OCH3 is 1. The molecule has 0 aromatic rings. The monoisotopic (exact) mass is 272 g/mol. The second-order valence-corrected chi connectivity index (χ2v) is 5.80. The van der Waals surface area contributed by atoms with Gasteiger partial charge in [0.15, 0.2) is 0 Å². The molecule has 1 amide bonds. The minimum absolute atomic E-state index is 0.000191. The number of nitrogens with two attached hydrogens (primary N) is 1. The normalized spacial score (nSPS) is 28.9. The SMILES string of the molecule is COCC(C)NC(=O)COC1(CN)CCCC(C)C1. The first kappa shape index (κ1) is 16.4. The van der Waals surface area contributed by atoms with Gasteiger partial charge in [0.25, 0.3) is 0 Å². The van der Waals surface area contributed by atoms with Crippen LogP contribution in [-0.4, -0.2) is 44.4 Å². The molecule has 0 aromatic carbocycles. The van der Waals surface area contributed by atoms with Gasteiger partial charge in [-0.3, -0.25) is 4.79 Å². The first-order chi connectivity index (χ1) is 9.01. The third-order valence-corrected chi connectivity index (χ3v) is 3.76. The third-order valence-electron chi connectivity index (χ3n) is 3.76. The van der Waals surface area contributed by atoms with Crippen LogP contribution < -0.4 is 11.1 Å². The van der Waals surface area contributed by atoms with E-state index in [-0.39, 0.29) is 24.2 Å². The van der Waals surface area contributed by atoms with Crippen LogP contribution in [0.3, 0.4) is 0 Å². The van der Waals surface area contributed by atoms with E-state index in [1.54, 1.807) is 7.11 Å². The third kappa shape index (κ3) is 5.47. The Bertz CT molecular complexity index is 286. The highest BCUT2D eigenvalue weighted by Crippen LogP contribution is 2.34. The van der Waals surface area contributed by atoms with Crippen molar-refractivity contribution in [2.24, 2.45) is 11.7 Å². The maximum Gasteiger partial charge on any atom is 0.246 e. The van der Waals surface area contributed by atoms with E-state index in [4.69, 9.17) is 15.2 Å². The lowest BCUT2D eigenvalue weighted by Crippen LogP contribution is -2.47. The molecule has 1 saturated carbocycles. The fraction of sp³-hybridized carbons (Fsp3) is 0.929. The van der Waals surface area contributed by atoms with Crippen molar-refractivity contribution in [3.05, 3.63) is 0 Å². The zero-order valence-electron chi connectivity index (χ0n) is 12.4. The molecule has 0 heterocycles. The van der Waals surface area contributed by atoms with Crippen LogP contribution in [0.1, 0.15) is 39.5 Å². The summed E-state index contributed by atoms with van der Waals surface area (Å²) in [4.78, 5) is 11.8. The van der Waals surface area contributed by atoms with Crippen LogP contribution in [0.4, 0.5) is 0 Å². The molecule has 0 bridgehead atoms. The lowest BCUT2D eigenvalue weighted by Gasteiger charge is -2.39. The largest absolute Gasteiger partial charge is 0.383 e. The highest BCUT2D eigenvalue weighted by Gasteiger charge is 2.35. The summed E-state index contributed by atoms with van der Waals surface area (Å²) in [5.41, 5.74) is 5.55. The molecule has 0 aliphatic heterocycles. The van der Waals surface area contributed by atoms with Gasteiger partial charge >= 0.3 is 0 Å². The highest BCUT2D eigenvalue weighted by atomic mass is 16.5. The zero-order chi connectivity index (χ0) is 14.3. The molecule has 0 radical (unpaired) electrons. The molecule has 19 heavy (non-hydrogen) atoms. The van der Waals surface area contributed by atoms with E-state index < -0.39 is 0 Å². The molecule has 3 unspecified atom stereocenters. The van der Waals surface area contributed by atoms with E-state index in [9.17, 15) is 4.79 Å². The van der Waals surface area contributed by atoms with Crippen LogP contribution in [0.2, 0.25) is 0 Å². The van der Waals surface area contributed by atoms with Gasteiger partial charge in [0.2, 0.25) is 5.91 Å². The van der Waals surface area contributed by atoms with Crippen molar-refractivity contribution < 1.29 is 14.3 Å². The Balaban J connectivity index is 2.38. The van der Waals surface area contributed by atoms with Gasteiger partial charge in [0.05, 0.1) is 12.2 Å². The van der Waals surface area contributed by atoms with Crippen molar-refractivity contribution in [2.75, 3.05) is 26.9 Å². The number of ether oxygens (including phenoxy) is 2. The molecular weight excluding hydrogens is 244 g/mol. The van der Waals surface area contributed by atoms with Gasteiger partial charge in [-0.05, 0) is 25.7 Å². The molecule has 0 spiro atoms. The van der Waals surface area contributed by atoms with E-state index in [2.05, 4.69) is 12.2 Å². The quantitative estimate of drug-likeness (QED) is 0.727. The summed E-state index contributed by atoms with van der Waals surface area (Å²) in [7, 11) is 1.62. The van der Waals surface area contributed by atoms with Crippen LogP contribution >= 0.6 is 0 Å². The van der Waals surface area contributed by atoms with Gasteiger partial charge in [0, 0.05) is 19.7 Å². The minimum Gasteiger partial charge on any atom is -0.383 e. The Morgan fingerprint density at radius 3 is 2.89 bits per heavy atom. The van der Waals surface area contributed by atoms with Crippen molar-refractivity contribution in [1.82, 2.24) is 5.32 Å². The maximum absolute atomic E-state index is 11.8. The Kier molecular flexibility index (Phi) is 6.75. The number of amides is 1. The average molecular weight is 272 g/mol. The molecular formula is C14H28N2O3. The fourth-order valence-corrected chi connectivity index (χ4v) is 2.81. The first-order valence-corrected chi connectivity index (χ1v) is 7.13. The van der Waals surface area contributed by atoms with Crippen LogP contribution in [0.25, 0.3) is 0 Å². The van der Waals surface area contributed by atoms with Crippen molar-refractivity contribution in [3.63, 3.8) is 0 Å². The van der Waals surface area contributed by atoms with E-state index in [1.165, 1.54) is 6.42 Å². The topological polar surface area (TPSA) is 73.6 Å². The van der Waals surface area contributed by atoms with Crippen LogP contribution in [-0.2, 0) is 14.3 Å². The second-order valence-electron chi connectivity index (χ2n) is 5.80. The summed E-state index contributed by atoms with van der Waals surface area (Å²) < 4.78 is 10.8. The van der Waals surface area contributed by atoms with Crippen molar-refractivity contribution in [1.29, 1.82) is 0 Å². The zero-order valence-corrected chi connectivity index (χ0v) is 12.4. The number of carbonyl (C=O) groups excluding carboxylic acids is 1. The molecule has 1 aliphatic carbocycles. The Labute approximate surface area is 116 Å². The number of rotatable bonds is 7. The van der Waals surface area contributed by atoms with Crippen molar-refractivity contribution in [3.8, 4) is 0 Å². The molecule has 1 fully saturated rings. The molecule has 3 N–H and O–H groups in total. The lowest BCUT2D eigenvalue weighted by molar-refractivity contribution is -0.137. The molecule has 0 aromatic heterocycles. The summed E-state index contributed by atoms with van der Waals surface area (Å²) in [6, 6.07) is 0.000191. The van der Waals surface area contributed by atoms with Crippen LogP contribution in [0.5, 0.6) is 0 Å². The van der Waals surface area contributed by atoms with Crippen molar-refractivity contribution in [2.45, 2.75) is 51.2 Å². The van der Waals surface area contributed by atoms with Gasteiger partial charge in [-0.25, -0.2) is 0 Å². The summed E-state index contributed by atoms with van der Waals surface area (Å²) in [5, 5.41) is 2.84. The number of hydrogen-bond acceptors (Lipinski definition) is 4.